The predicted octanol–water partition coefficient (Wildman–Crippen LogP) is -1.20. The SMILES string of the molecule is Cc1cc(C)c2c(cc[c-]2C)c1.[C-]1=CC=CC1.[Cl-].[Cl-].[Zr+4]. The Morgan fingerprint density at radius 2 is 1.85 bits per heavy atom. The van der Waals surface area contributed by atoms with Gasteiger partial charge in [0.2, 0.25) is 0 Å². The summed E-state index contributed by atoms with van der Waals surface area (Å²) < 4.78 is 0. The van der Waals surface area contributed by atoms with Gasteiger partial charge in [0, 0.05) is 0 Å². The third kappa shape index (κ3) is 5.64. The number of aryl methyl sites for hydroxylation is 3. The van der Waals surface area contributed by atoms with Gasteiger partial charge in [0.1, 0.15) is 0 Å². The van der Waals surface area contributed by atoms with Crippen LogP contribution in [-0.4, -0.2) is 0 Å². The molecular weight excluding hydrogens is 366 g/mol. The minimum Gasteiger partial charge on any atom is -1.00 e. The minimum absolute atomic E-state index is 0. The van der Waals surface area contributed by atoms with Crippen molar-refractivity contribution in [3.8, 4) is 0 Å². The molecule has 0 saturated carbocycles. The van der Waals surface area contributed by atoms with Gasteiger partial charge < -0.3 is 24.8 Å². The summed E-state index contributed by atoms with van der Waals surface area (Å²) >= 11 is 0. The van der Waals surface area contributed by atoms with Gasteiger partial charge in [-0.25, -0.2) is 12.2 Å². The molecular formula is C17H18Cl2Zr. The van der Waals surface area contributed by atoms with Crippen LogP contribution in [0.5, 0.6) is 0 Å². The van der Waals surface area contributed by atoms with Crippen molar-refractivity contribution in [2.45, 2.75) is 27.2 Å². The van der Waals surface area contributed by atoms with E-state index in [1.54, 1.807) is 0 Å². The molecule has 3 heteroatoms. The minimum atomic E-state index is 0. The van der Waals surface area contributed by atoms with E-state index >= 15 is 0 Å². The number of allylic oxidation sites excluding steroid dienone is 4. The molecule has 0 saturated heterocycles. The molecule has 0 amide bonds. The van der Waals surface area contributed by atoms with Crippen LogP contribution in [-0.2, 0) is 26.2 Å². The van der Waals surface area contributed by atoms with Crippen LogP contribution < -0.4 is 24.8 Å². The van der Waals surface area contributed by atoms with E-state index in [0.29, 0.717) is 0 Å². The Balaban J connectivity index is 0. The predicted molar refractivity (Wildman–Crippen MR) is 75.3 cm³/mol. The van der Waals surface area contributed by atoms with E-state index in [0.717, 1.165) is 6.42 Å². The zero-order valence-electron chi connectivity index (χ0n) is 12.0. The van der Waals surface area contributed by atoms with Crippen LogP contribution >= 0.6 is 0 Å². The molecule has 0 unspecified atom stereocenters. The van der Waals surface area contributed by atoms with Crippen molar-refractivity contribution in [2.24, 2.45) is 0 Å². The van der Waals surface area contributed by atoms with Crippen LogP contribution in [0.15, 0.2) is 42.5 Å². The molecule has 0 N–H and O–H groups in total. The summed E-state index contributed by atoms with van der Waals surface area (Å²) in [5.74, 6) is 0. The molecule has 1 aliphatic carbocycles. The van der Waals surface area contributed by atoms with Crippen molar-refractivity contribution in [1.29, 1.82) is 0 Å². The average molecular weight is 384 g/mol. The van der Waals surface area contributed by atoms with E-state index < -0.39 is 0 Å². The Morgan fingerprint density at radius 1 is 1.15 bits per heavy atom. The largest absolute Gasteiger partial charge is 4.00 e. The van der Waals surface area contributed by atoms with Crippen molar-refractivity contribution in [3.05, 3.63) is 65.3 Å². The van der Waals surface area contributed by atoms with Gasteiger partial charge in [0.25, 0.3) is 0 Å². The fourth-order valence-corrected chi connectivity index (χ4v) is 2.31. The monoisotopic (exact) mass is 382 g/mol. The van der Waals surface area contributed by atoms with Gasteiger partial charge in [-0.1, -0.05) is 25.5 Å². The third-order valence-corrected chi connectivity index (χ3v) is 3.00. The fourth-order valence-electron chi connectivity index (χ4n) is 2.31. The Kier molecular flexibility index (Phi) is 11.6. The summed E-state index contributed by atoms with van der Waals surface area (Å²) in [6.07, 6.45) is 10.0. The summed E-state index contributed by atoms with van der Waals surface area (Å²) in [7, 11) is 0. The van der Waals surface area contributed by atoms with E-state index in [2.05, 4.69) is 57.2 Å². The standard InChI is InChI=1S/C12H13.C5H5.2ClH.Zr/c1-8-6-10(3)12-9(2)4-5-11(12)7-8;1-2-4-5-3-1;;;/h4-7H,1-3H3;1-3H,4H2;2*1H;/q2*-1;;;+4/p-2. The zero-order chi connectivity index (χ0) is 12.3. The van der Waals surface area contributed by atoms with Crippen LogP contribution in [0, 0.1) is 26.8 Å². The van der Waals surface area contributed by atoms with Crippen LogP contribution in [0.25, 0.3) is 10.8 Å². The average Bonchev–Trinajstić information content (AvgIpc) is 2.91. The molecule has 0 nitrogen and oxygen atoms in total. The Morgan fingerprint density at radius 3 is 2.35 bits per heavy atom. The van der Waals surface area contributed by atoms with E-state index in [4.69, 9.17) is 0 Å². The topological polar surface area (TPSA) is 0 Å². The molecule has 0 radical (unpaired) electrons. The van der Waals surface area contributed by atoms with Gasteiger partial charge in [-0.05, 0) is 6.92 Å². The first kappa shape index (κ1) is 22.1. The summed E-state index contributed by atoms with van der Waals surface area (Å²) in [6.45, 7) is 6.50. The summed E-state index contributed by atoms with van der Waals surface area (Å²) in [5.41, 5.74) is 4.14. The Bertz CT molecular complexity index is 570. The first-order valence-corrected chi connectivity index (χ1v) is 6.03. The maximum atomic E-state index is 2.99. The van der Waals surface area contributed by atoms with E-state index in [9.17, 15) is 0 Å². The van der Waals surface area contributed by atoms with E-state index in [1.165, 1.54) is 27.5 Å². The van der Waals surface area contributed by atoms with Crippen LogP contribution in [0.3, 0.4) is 0 Å². The van der Waals surface area contributed by atoms with Gasteiger partial charge in [0.15, 0.2) is 0 Å². The molecule has 2 aromatic carbocycles. The van der Waals surface area contributed by atoms with Crippen molar-refractivity contribution in [3.63, 3.8) is 0 Å². The fraction of sp³-hybridized carbons (Fsp3) is 0.235. The van der Waals surface area contributed by atoms with Gasteiger partial charge >= 0.3 is 26.2 Å². The zero-order valence-corrected chi connectivity index (χ0v) is 16.0. The quantitative estimate of drug-likeness (QED) is 0.501. The summed E-state index contributed by atoms with van der Waals surface area (Å²) in [5, 5.41) is 2.81. The van der Waals surface area contributed by atoms with Gasteiger partial charge in [-0.3, -0.25) is 6.08 Å². The van der Waals surface area contributed by atoms with Gasteiger partial charge in [0.05, 0.1) is 0 Å². The Labute approximate surface area is 153 Å². The molecule has 1 aliphatic rings. The Hall–Kier alpha value is -0.227. The summed E-state index contributed by atoms with van der Waals surface area (Å²) in [4.78, 5) is 0. The molecule has 0 heterocycles. The number of hydrogen-bond acceptors (Lipinski definition) is 0. The second kappa shape index (κ2) is 10.5. The second-order valence-electron chi connectivity index (χ2n) is 4.57. The van der Waals surface area contributed by atoms with E-state index in [1.807, 2.05) is 12.2 Å². The molecule has 0 aromatic heterocycles. The first-order valence-electron chi connectivity index (χ1n) is 6.03. The van der Waals surface area contributed by atoms with Gasteiger partial charge in [-0.15, -0.1) is 34.4 Å². The summed E-state index contributed by atoms with van der Waals surface area (Å²) in [6, 6.07) is 8.88. The first-order chi connectivity index (χ1) is 8.18. The molecule has 104 valence electrons. The normalized spacial score (nSPS) is 10.9. The van der Waals surface area contributed by atoms with Crippen molar-refractivity contribution < 1.29 is 51.0 Å². The molecule has 0 aliphatic heterocycles. The number of hydrogen-bond donors (Lipinski definition) is 0. The van der Waals surface area contributed by atoms with Crippen LogP contribution in [0.4, 0.5) is 0 Å². The van der Waals surface area contributed by atoms with Crippen LogP contribution in [0.1, 0.15) is 23.1 Å². The molecule has 0 bridgehead atoms. The molecule has 0 spiro atoms. The third-order valence-electron chi connectivity index (χ3n) is 3.00. The van der Waals surface area contributed by atoms with Gasteiger partial charge in [-0.2, -0.15) is 18.2 Å². The van der Waals surface area contributed by atoms with E-state index in [-0.39, 0.29) is 51.0 Å². The number of fused-ring (bicyclic) bond motifs is 1. The van der Waals surface area contributed by atoms with Crippen molar-refractivity contribution in [1.82, 2.24) is 0 Å². The smallest absolute Gasteiger partial charge is 1.00 e. The number of rotatable bonds is 0. The maximum Gasteiger partial charge on any atom is 4.00 e. The molecule has 20 heavy (non-hydrogen) atoms. The molecule has 0 fully saturated rings. The number of halogens is 2. The molecule has 0 atom stereocenters. The van der Waals surface area contributed by atoms with Crippen molar-refractivity contribution >= 4 is 10.8 Å². The van der Waals surface area contributed by atoms with Crippen LogP contribution in [0.2, 0.25) is 0 Å². The molecule has 3 rings (SSSR count). The maximum absolute atomic E-state index is 2.99. The number of benzene rings is 1. The molecule has 2 aromatic rings. The second-order valence-corrected chi connectivity index (χ2v) is 4.57. The van der Waals surface area contributed by atoms with Crippen molar-refractivity contribution in [2.75, 3.05) is 0 Å².